The van der Waals surface area contributed by atoms with Gasteiger partial charge in [-0.15, -0.1) is 11.8 Å². The average molecular weight is 393 g/mol. The fourth-order valence-electron chi connectivity index (χ4n) is 2.28. The largest absolute Gasteiger partial charge is 0.295 e. The minimum Gasteiger partial charge on any atom is -0.295 e. The highest BCUT2D eigenvalue weighted by atomic mass is 35.5. The first-order valence-electron chi connectivity index (χ1n) is 6.31. The second kappa shape index (κ2) is 6.50. The van der Waals surface area contributed by atoms with E-state index in [4.69, 9.17) is 46.4 Å². The summed E-state index contributed by atoms with van der Waals surface area (Å²) in [5.41, 5.74) is 1.49. The maximum atomic E-state index is 12.3. The molecule has 1 heterocycles. The minimum atomic E-state index is -0.240. The molecule has 0 N–H and O–H groups in total. The van der Waals surface area contributed by atoms with Crippen LogP contribution in [-0.2, 0) is 4.79 Å². The number of rotatable bonds is 2. The molecular weight excluding hydrogens is 384 g/mol. The number of amides is 1. The third kappa shape index (κ3) is 2.93. The van der Waals surface area contributed by atoms with Gasteiger partial charge in [-0.05, 0) is 24.3 Å². The Kier molecular flexibility index (Phi) is 4.81. The molecule has 0 aliphatic carbocycles. The van der Waals surface area contributed by atoms with E-state index < -0.39 is 0 Å². The molecule has 2 aromatic carbocycles. The van der Waals surface area contributed by atoms with E-state index in [9.17, 15) is 4.79 Å². The van der Waals surface area contributed by atoms with Crippen molar-refractivity contribution in [1.82, 2.24) is 0 Å². The van der Waals surface area contributed by atoms with Crippen LogP contribution in [0.1, 0.15) is 10.9 Å². The molecule has 22 heavy (non-hydrogen) atoms. The Morgan fingerprint density at radius 2 is 1.77 bits per heavy atom. The molecule has 2 nitrogen and oxygen atoms in total. The summed E-state index contributed by atoms with van der Waals surface area (Å²) in [6, 6.07) is 10.5. The van der Waals surface area contributed by atoms with E-state index in [0.717, 1.165) is 5.56 Å². The number of benzene rings is 2. The van der Waals surface area contributed by atoms with Crippen LogP contribution in [0.4, 0.5) is 5.69 Å². The molecule has 2 aromatic rings. The highest BCUT2D eigenvalue weighted by Gasteiger charge is 2.35. The van der Waals surface area contributed by atoms with Gasteiger partial charge in [0.1, 0.15) is 5.37 Å². The van der Waals surface area contributed by atoms with Crippen LogP contribution in [0.3, 0.4) is 0 Å². The number of carbonyl (C=O) groups is 1. The first kappa shape index (κ1) is 16.3. The van der Waals surface area contributed by atoms with Crippen molar-refractivity contribution >= 4 is 69.8 Å². The maximum Gasteiger partial charge on any atom is 0.238 e. The van der Waals surface area contributed by atoms with Gasteiger partial charge in [0.25, 0.3) is 0 Å². The Morgan fingerprint density at radius 3 is 2.50 bits per heavy atom. The molecule has 0 aromatic heterocycles. The summed E-state index contributed by atoms with van der Waals surface area (Å²) >= 11 is 25.9. The lowest BCUT2D eigenvalue weighted by molar-refractivity contribution is -0.115. The van der Waals surface area contributed by atoms with Crippen LogP contribution in [-0.4, -0.2) is 11.7 Å². The number of hydrogen-bond acceptors (Lipinski definition) is 2. The molecule has 1 saturated heterocycles. The SMILES string of the molecule is O=C1CSC(c2cccc(Cl)c2Cl)N1c1ccc(Cl)c(Cl)c1. The Hall–Kier alpha value is -0.580. The molecule has 114 valence electrons. The first-order valence-corrected chi connectivity index (χ1v) is 8.87. The predicted molar refractivity (Wildman–Crippen MR) is 95.6 cm³/mol. The molecule has 3 rings (SSSR count). The zero-order valence-corrected chi connectivity index (χ0v) is 14.9. The van der Waals surface area contributed by atoms with Gasteiger partial charge in [0.2, 0.25) is 5.91 Å². The molecule has 1 fully saturated rings. The van der Waals surface area contributed by atoms with Crippen molar-refractivity contribution in [3.05, 3.63) is 62.1 Å². The van der Waals surface area contributed by atoms with Crippen molar-refractivity contribution in [3.63, 3.8) is 0 Å². The van der Waals surface area contributed by atoms with Crippen LogP contribution in [0.25, 0.3) is 0 Å². The van der Waals surface area contributed by atoms with Crippen molar-refractivity contribution < 1.29 is 4.79 Å². The van der Waals surface area contributed by atoms with Crippen LogP contribution >= 0.6 is 58.2 Å². The Morgan fingerprint density at radius 1 is 1.00 bits per heavy atom. The predicted octanol–water partition coefficient (Wildman–Crippen LogP) is 6.08. The fraction of sp³-hybridized carbons (Fsp3) is 0.133. The van der Waals surface area contributed by atoms with Crippen LogP contribution in [0.2, 0.25) is 20.1 Å². The zero-order valence-electron chi connectivity index (χ0n) is 11.0. The molecular formula is C15H9Cl4NOS. The summed E-state index contributed by atoms with van der Waals surface area (Å²) in [5, 5.41) is 1.53. The van der Waals surface area contributed by atoms with Gasteiger partial charge in [0.15, 0.2) is 0 Å². The van der Waals surface area contributed by atoms with E-state index in [1.54, 1.807) is 29.2 Å². The van der Waals surface area contributed by atoms with E-state index >= 15 is 0 Å². The number of nitrogens with zero attached hydrogens (tertiary/aromatic N) is 1. The molecule has 1 atom stereocenters. The van der Waals surface area contributed by atoms with Crippen molar-refractivity contribution in [3.8, 4) is 0 Å². The highest BCUT2D eigenvalue weighted by Crippen LogP contribution is 2.46. The Labute approximate surface area is 152 Å². The molecule has 1 aliphatic rings. The summed E-state index contributed by atoms with van der Waals surface area (Å²) < 4.78 is 0. The maximum absolute atomic E-state index is 12.3. The number of hydrogen-bond donors (Lipinski definition) is 0. The molecule has 0 saturated carbocycles. The second-order valence-electron chi connectivity index (χ2n) is 4.67. The summed E-state index contributed by atoms with van der Waals surface area (Å²) in [6.45, 7) is 0. The van der Waals surface area contributed by atoms with Crippen molar-refractivity contribution in [1.29, 1.82) is 0 Å². The van der Waals surface area contributed by atoms with E-state index in [1.165, 1.54) is 11.8 Å². The number of carbonyl (C=O) groups excluding carboxylic acids is 1. The molecule has 1 unspecified atom stereocenters. The number of halogens is 4. The average Bonchev–Trinajstić information content (AvgIpc) is 2.86. The second-order valence-corrected chi connectivity index (χ2v) is 7.34. The quantitative estimate of drug-likeness (QED) is 0.617. The van der Waals surface area contributed by atoms with Gasteiger partial charge < -0.3 is 0 Å². The van der Waals surface area contributed by atoms with Gasteiger partial charge in [-0.3, -0.25) is 9.69 Å². The van der Waals surface area contributed by atoms with Crippen LogP contribution < -0.4 is 4.90 Å². The normalized spacial score (nSPS) is 18.1. The lowest BCUT2D eigenvalue weighted by atomic mass is 10.2. The van der Waals surface area contributed by atoms with Crippen molar-refractivity contribution in [2.24, 2.45) is 0 Å². The summed E-state index contributed by atoms with van der Waals surface area (Å²) in [6.07, 6.45) is 0. The third-order valence-corrected chi connectivity index (χ3v) is 6.06. The standard InChI is InChI=1S/C15H9Cl4NOS/c16-10-5-4-8(6-12(10)18)20-13(21)7-22-15(20)9-2-1-3-11(17)14(9)19/h1-6,15H,7H2. The fourth-order valence-corrected chi connectivity index (χ4v) is 4.25. The topological polar surface area (TPSA) is 20.3 Å². The smallest absolute Gasteiger partial charge is 0.238 e. The van der Waals surface area contributed by atoms with Gasteiger partial charge >= 0.3 is 0 Å². The van der Waals surface area contributed by atoms with Crippen molar-refractivity contribution in [2.75, 3.05) is 10.7 Å². The van der Waals surface area contributed by atoms with E-state index in [2.05, 4.69) is 0 Å². The van der Waals surface area contributed by atoms with Gasteiger partial charge in [-0.25, -0.2) is 0 Å². The van der Waals surface area contributed by atoms with E-state index in [0.29, 0.717) is 31.5 Å². The van der Waals surface area contributed by atoms with Gasteiger partial charge in [0, 0.05) is 11.3 Å². The van der Waals surface area contributed by atoms with Crippen LogP contribution in [0, 0.1) is 0 Å². The summed E-state index contributed by atoms with van der Waals surface area (Å²) in [4.78, 5) is 14.0. The molecule has 7 heteroatoms. The number of anilines is 1. The number of thioether (sulfide) groups is 1. The highest BCUT2D eigenvalue weighted by molar-refractivity contribution is 8.00. The molecule has 1 aliphatic heterocycles. The van der Waals surface area contributed by atoms with Crippen LogP contribution in [0.15, 0.2) is 36.4 Å². The van der Waals surface area contributed by atoms with Gasteiger partial charge in [-0.2, -0.15) is 0 Å². The first-order chi connectivity index (χ1) is 10.5. The van der Waals surface area contributed by atoms with E-state index in [-0.39, 0.29) is 11.3 Å². The van der Waals surface area contributed by atoms with Crippen LogP contribution in [0.5, 0.6) is 0 Å². The monoisotopic (exact) mass is 391 g/mol. The van der Waals surface area contributed by atoms with Gasteiger partial charge in [0.05, 0.1) is 25.8 Å². The molecule has 0 spiro atoms. The Bertz CT molecular complexity index is 752. The molecule has 1 amide bonds. The Balaban J connectivity index is 2.06. The summed E-state index contributed by atoms with van der Waals surface area (Å²) in [5.74, 6) is 0.359. The van der Waals surface area contributed by atoms with Gasteiger partial charge in [-0.1, -0.05) is 58.5 Å². The molecule has 0 bridgehead atoms. The van der Waals surface area contributed by atoms with E-state index in [1.807, 2.05) is 12.1 Å². The minimum absolute atomic E-state index is 0.00979. The third-order valence-electron chi connectivity index (χ3n) is 3.30. The molecule has 0 radical (unpaired) electrons. The lowest BCUT2D eigenvalue weighted by Crippen LogP contribution is -2.27. The summed E-state index contributed by atoms with van der Waals surface area (Å²) in [7, 11) is 0. The zero-order chi connectivity index (χ0) is 15.9. The lowest BCUT2D eigenvalue weighted by Gasteiger charge is -2.25. The van der Waals surface area contributed by atoms with Crippen molar-refractivity contribution in [2.45, 2.75) is 5.37 Å².